The SMILES string of the molecule is Nn1c(SCC(=O)NCc2ccc(Cl)cc2)nnc1-c1ccc(F)cc1. The summed E-state index contributed by atoms with van der Waals surface area (Å²) in [4.78, 5) is 12.0. The van der Waals surface area contributed by atoms with Gasteiger partial charge in [-0.2, -0.15) is 0 Å². The molecule has 3 rings (SSSR count). The number of amides is 1. The van der Waals surface area contributed by atoms with Gasteiger partial charge >= 0.3 is 0 Å². The van der Waals surface area contributed by atoms with Gasteiger partial charge in [-0.05, 0) is 42.0 Å². The first-order valence-corrected chi connectivity index (χ1v) is 8.99. The fourth-order valence-electron chi connectivity index (χ4n) is 2.16. The minimum Gasteiger partial charge on any atom is -0.351 e. The lowest BCUT2D eigenvalue weighted by Crippen LogP contribution is -2.25. The molecule has 0 aliphatic rings. The molecule has 1 heterocycles. The topological polar surface area (TPSA) is 85.8 Å². The van der Waals surface area contributed by atoms with Crippen LogP contribution < -0.4 is 11.2 Å². The lowest BCUT2D eigenvalue weighted by atomic mass is 10.2. The Kier molecular flexibility index (Phi) is 5.75. The maximum absolute atomic E-state index is 13.0. The Morgan fingerprint density at radius 1 is 1.15 bits per heavy atom. The molecule has 26 heavy (non-hydrogen) atoms. The van der Waals surface area contributed by atoms with Gasteiger partial charge in [-0.15, -0.1) is 10.2 Å². The third-order valence-corrected chi connectivity index (χ3v) is 4.70. The van der Waals surface area contributed by atoms with Crippen molar-refractivity contribution in [1.82, 2.24) is 20.2 Å². The molecule has 1 aromatic heterocycles. The van der Waals surface area contributed by atoms with E-state index in [2.05, 4.69) is 15.5 Å². The highest BCUT2D eigenvalue weighted by molar-refractivity contribution is 7.99. The van der Waals surface area contributed by atoms with E-state index in [0.717, 1.165) is 5.56 Å². The van der Waals surface area contributed by atoms with Crippen LogP contribution in [0.2, 0.25) is 5.02 Å². The van der Waals surface area contributed by atoms with E-state index in [0.29, 0.717) is 28.1 Å². The fraction of sp³-hybridized carbons (Fsp3) is 0.118. The van der Waals surface area contributed by atoms with Crippen LogP contribution in [0.4, 0.5) is 4.39 Å². The van der Waals surface area contributed by atoms with Crippen molar-refractivity contribution in [2.75, 3.05) is 11.6 Å². The first-order chi connectivity index (χ1) is 12.5. The van der Waals surface area contributed by atoms with Crippen molar-refractivity contribution in [2.24, 2.45) is 0 Å². The highest BCUT2D eigenvalue weighted by Gasteiger charge is 2.13. The second-order valence-corrected chi connectivity index (χ2v) is 6.75. The predicted molar refractivity (Wildman–Crippen MR) is 99.6 cm³/mol. The summed E-state index contributed by atoms with van der Waals surface area (Å²) >= 11 is 6.99. The molecule has 0 radical (unpaired) electrons. The smallest absolute Gasteiger partial charge is 0.230 e. The number of benzene rings is 2. The highest BCUT2D eigenvalue weighted by atomic mass is 35.5. The molecule has 0 atom stereocenters. The molecule has 0 spiro atoms. The second kappa shape index (κ2) is 8.20. The summed E-state index contributed by atoms with van der Waals surface area (Å²) in [5.74, 6) is 6.01. The molecular weight excluding hydrogens is 377 g/mol. The van der Waals surface area contributed by atoms with E-state index in [1.54, 1.807) is 24.3 Å². The quantitative estimate of drug-likeness (QED) is 0.498. The van der Waals surface area contributed by atoms with E-state index < -0.39 is 0 Å². The third kappa shape index (κ3) is 4.53. The first-order valence-electron chi connectivity index (χ1n) is 7.63. The Morgan fingerprint density at radius 3 is 2.54 bits per heavy atom. The molecule has 3 N–H and O–H groups in total. The maximum Gasteiger partial charge on any atom is 0.230 e. The van der Waals surface area contributed by atoms with Gasteiger partial charge in [0.1, 0.15) is 5.82 Å². The summed E-state index contributed by atoms with van der Waals surface area (Å²) in [6.45, 7) is 0.409. The van der Waals surface area contributed by atoms with Crippen LogP contribution in [0.25, 0.3) is 11.4 Å². The average molecular weight is 392 g/mol. The number of carbonyl (C=O) groups excluding carboxylic acids is 1. The van der Waals surface area contributed by atoms with Crippen molar-refractivity contribution in [3.8, 4) is 11.4 Å². The van der Waals surface area contributed by atoms with E-state index in [9.17, 15) is 9.18 Å². The highest BCUT2D eigenvalue weighted by Crippen LogP contribution is 2.21. The van der Waals surface area contributed by atoms with Crippen LogP contribution in [-0.2, 0) is 11.3 Å². The van der Waals surface area contributed by atoms with E-state index in [4.69, 9.17) is 17.4 Å². The van der Waals surface area contributed by atoms with Crippen LogP contribution in [-0.4, -0.2) is 26.5 Å². The Labute approximate surface area is 158 Å². The molecule has 134 valence electrons. The fourth-order valence-corrected chi connectivity index (χ4v) is 2.97. The maximum atomic E-state index is 13.0. The van der Waals surface area contributed by atoms with Crippen molar-refractivity contribution in [2.45, 2.75) is 11.7 Å². The number of nitrogen functional groups attached to an aromatic ring is 1. The van der Waals surface area contributed by atoms with Gasteiger partial charge in [0, 0.05) is 17.1 Å². The monoisotopic (exact) mass is 391 g/mol. The lowest BCUT2D eigenvalue weighted by molar-refractivity contribution is -0.118. The van der Waals surface area contributed by atoms with Gasteiger partial charge in [-0.3, -0.25) is 4.79 Å². The molecule has 1 amide bonds. The summed E-state index contributed by atoms with van der Waals surface area (Å²) in [7, 11) is 0. The Bertz CT molecular complexity index is 899. The molecule has 2 aromatic carbocycles. The van der Waals surface area contributed by atoms with Crippen molar-refractivity contribution in [3.05, 3.63) is 64.9 Å². The zero-order valence-corrected chi connectivity index (χ0v) is 15.1. The molecule has 9 heteroatoms. The standard InChI is InChI=1S/C17H15ClFN5OS/c18-13-5-1-11(2-6-13)9-21-15(25)10-26-17-23-22-16(24(17)20)12-3-7-14(19)8-4-12/h1-8H,9-10,20H2,(H,21,25). The normalized spacial score (nSPS) is 10.7. The number of carbonyl (C=O) groups is 1. The van der Waals surface area contributed by atoms with Crippen LogP contribution in [0.5, 0.6) is 0 Å². The lowest BCUT2D eigenvalue weighted by Gasteiger charge is -2.06. The molecule has 0 fully saturated rings. The number of nitrogens with one attached hydrogen (secondary N) is 1. The van der Waals surface area contributed by atoms with E-state index in [1.165, 1.54) is 28.6 Å². The van der Waals surface area contributed by atoms with Crippen molar-refractivity contribution < 1.29 is 9.18 Å². The molecule has 0 unspecified atom stereocenters. The average Bonchev–Trinajstić information content (AvgIpc) is 3.01. The molecule has 0 saturated carbocycles. The van der Waals surface area contributed by atoms with Gasteiger partial charge in [0.2, 0.25) is 11.1 Å². The van der Waals surface area contributed by atoms with Gasteiger partial charge < -0.3 is 11.2 Å². The van der Waals surface area contributed by atoms with Crippen molar-refractivity contribution in [1.29, 1.82) is 0 Å². The van der Waals surface area contributed by atoms with Crippen LogP contribution in [0.15, 0.2) is 53.7 Å². The first kappa shape index (κ1) is 18.2. The molecule has 0 aliphatic heterocycles. The number of nitrogens with two attached hydrogens (primary N) is 1. The van der Waals surface area contributed by atoms with Gasteiger partial charge in [0.05, 0.1) is 5.75 Å². The Balaban J connectivity index is 1.55. The molecule has 0 bridgehead atoms. The molecule has 0 aliphatic carbocycles. The largest absolute Gasteiger partial charge is 0.351 e. The van der Waals surface area contributed by atoms with E-state index in [-0.39, 0.29) is 17.5 Å². The van der Waals surface area contributed by atoms with Gasteiger partial charge in [-0.25, -0.2) is 9.07 Å². The van der Waals surface area contributed by atoms with Crippen LogP contribution >= 0.6 is 23.4 Å². The molecule has 3 aromatic rings. The van der Waals surface area contributed by atoms with Crippen LogP contribution in [0.3, 0.4) is 0 Å². The van der Waals surface area contributed by atoms with E-state index in [1.807, 2.05) is 12.1 Å². The zero-order chi connectivity index (χ0) is 18.5. The molecular formula is C17H15ClFN5OS. The van der Waals surface area contributed by atoms with Gasteiger partial charge in [0.25, 0.3) is 0 Å². The van der Waals surface area contributed by atoms with Crippen LogP contribution in [0.1, 0.15) is 5.56 Å². The summed E-state index contributed by atoms with van der Waals surface area (Å²) in [6, 6.07) is 13.0. The zero-order valence-electron chi connectivity index (χ0n) is 13.5. The minimum absolute atomic E-state index is 0.145. The Hall–Kier alpha value is -2.58. The summed E-state index contributed by atoms with van der Waals surface area (Å²) in [6.07, 6.45) is 0. The number of aromatic nitrogens is 3. The third-order valence-electron chi connectivity index (χ3n) is 3.50. The number of hydrogen-bond acceptors (Lipinski definition) is 5. The number of thioether (sulfide) groups is 1. The number of nitrogens with zero attached hydrogens (tertiary/aromatic N) is 3. The predicted octanol–water partition coefficient (Wildman–Crippen LogP) is 2.86. The summed E-state index contributed by atoms with van der Waals surface area (Å²) in [5.41, 5.74) is 1.59. The second-order valence-electron chi connectivity index (χ2n) is 5.37. The molecule has 0 saturated heterocycles. The summed E-state index contributed by atoms with van der Waals surface area (Å²) < 4.78 is 14.3. The van der Waals surface area contributed by atoms with Gasteiger partial charge in [0.15, 0.2) is 5.82 Å². The molecule has 6 nitrogen and oxygen atoms in total. The van der Waals surface area contributed by atoms with E-state index >= 15 is 0 Å². The van der Waals surface area contributed by atoms with Gasteiger partial charge in [-0.1, -0.05) is 35.5 Å². The number of hydrogen-bond donors (Lipinski definition) is 2. The number of halogens is 2. The van der Waals surface area contributed by atoms with Crippen molar-refractivity contribution >= 4 is 29.3 Å². The minimum atomic E-state index is -0.344. The van der Waals surface area contributed by atoms with Crippen molar-refractivity contribution in [3.63, 3.8) is 0 Å². The van der Waals surface area contributed by atoms with Crippen LogP contribution in [0, 0.1) is 5.82 Å². The summed E-state index contributed by atoms with van der Waals surface area (Å²) in [5, 5.41) is 11.8. The Morgan fingerprint density at radius 2 is 1.85 bits per heavy atom. The number of rotatable bonds is 6.